The molecule has 0 aromatic heterocycles. The number of Topliss-reactive ketones (excluding diaryl/α,β-unsaturated/α-hetero) is 3. The van der Waals surface area contributed by atoms with Gasteiger partial charge in [0.25, 0.3) is 0 Å². The fourth-order valence-electron chi connectivity index (χ4n) is 9.98. The number of aromatic hydroxyl groups is 3. The minimum absolute atomic E-state index is 0.00429. The molecule has 1 saturated carbocycles. The Morgan fingerprint density at radius 1 is 0.397 bits per heavy atom. The third-order valence-electron chi connectivity index (χ3n) is 14.4. The molecule has 4 rings (SSSR count). The van der Waals surface area contributed by atoms with Crippen molar-refractivity contribution in [2.75, 3.05) is 13.2 Å². The lowest BCUT2D eigenvalue weighted by molar-refractivity contribution is -0.151. The van der Waals surface area contributed by atoms with E-state index in [1.165, 1.54) is 0 Å². The maximum Gasteiger partial charge on any atom is 0.305 e. The van der Waals surface area contributed by atoms with E-state index in [1.54, 1.807) is 0 Å². The Labute approximate surface area is 438 Å². The van der Waals surface area contributed by atoms with E-state index < -0.39 is 57.9 Å². The second-order valence-corrected chi connectivity index (χ2v) is 27.1. The van der Waals surface area contributed by atoms with Gasteiger partial charge >= 0.3 is 11.9 Å². The number of hydrogen-bond donors (Lipinski definition) is 3. The van der Waals surface area contributed by atoms with Crippen LogP contribution in [0, 0.1) is 17.8 Å². The maximum absolute atomic E-state index is 14.4. The van der Waals surface area contributed by atoms with E-state index in [4.69, 9.17) is 9.47 Å². The monoisotopic (exact) mass is 1010 g/mol. The number of hydrogen-bond acceptors (Lipinski definition) is 10. The summed E-state index contributed by atoms with van der Waals surface area (Å²) in [6, 6.07) is 11.9. The number of phenolic OH excluding ortho intramolecular Hbond substituents is 3. The van der Waals surface area contributed by atoms with Crippen molar-refractivity contribution in [3.05, 3.63) is 86.5 Å². The van der Waals surface area contributed by atoms with Crippen molar-refractivity contribution in [3.8, 4) is 17.2 Å². The number of benzene rings is 3. The zero-order valence-electron chi connectivity index (χ0n) is 48.1. The standard InChI is InChI=1S/C63H92O10/c1-58(2,3)44-32-38(33-45(55(44)69)59(4,5)6)23-19-21-29-72-50(64)27-25-41-52(66)42(54(68)43(53(41)67)31-40-36-48(62(13,14)15)57(71)49(37-40)63(16,17)18)26-28-51(65)73-30-22-20-24-39-34-46(60(7,8)9)56(70)47(35-39)61(10,11)12/h32-37,41-43,69-71H,19-31H2,1-18H3. The van der Waals surface area contributed by atoms with Crippen LogP contribution < -0.4 is 0 Å². The van der Waals surface area contributed by atoms with Gasteiger partial charge in [-0.1, -0.05) is 161 Å². The minimum Gasteiger partial charge on any atom is -0.507 e. The number of rotatable bonds is 18. The van der Waals surface area contributed by atoms with Crippen LogP contribution in [0.15, 0.2) is 36.4 Å². The van der Waals surface area contributed by atoms with E-state index in [1.807, 2.05) is 53.7 Å². The topological polar surface area (TPSA) is 164 Å². The highest BCUT2D eigenvalue weighted by molar-refractivity contribution is 6.24. The number of ketones is 3. The quantitative estimate of drug-likeness (QED) is 0.0634. The summed E-state index contributed by atoms with van der Waals surface area (Å²) in [5.41, 5.74) is 5.89. The van der Waals surface area contributed by atoms with E-state index in [2.05, 4.69) is 107 Å². The smallest absolute Gasteiger partial charge is 0.305 e. The molecule has 1 aliphatic carbocycles. The summed E-state index contributed by atoms with van der Waals surface area (Å²) >= 11 is 0. The van der Waals surface area contributed by atoms with Gasteiger partial charge in [-0.25, -0.2) is 0 Å². The zero-order chi connectivity index (χ0) is 55.4. The molecule has 1 fully saturated rings. The zero-order valence-corrected chi connectivity index (χ0v) is 48.1. The Bertz CT molecular complexity index is 2250. The molecule has 73 heavy (non-hydrogen) atoms. The maximum atomic E-state index is 14.4. The SMILES string of the molecule is CC(C)(C)c1cc(CCCCOC(=O)CCC2C(=O)C(CCC(=O)OCCCCc3cc(C(C)(C)C)c(O)c(C(C)(C)C)c3)C(=O)C(Cc3cc(C(C)(C)C)c(O)c(C(C)(C)C)c3)C2=O)cc(C(C)(C)C)c1O. The molecule has 0 heterocycles. The Morgan fingerprint density at radius 3 is 0.904 bits per heavy atom. The van der Waals surface area contributed by atoms with Gasteiger partial charge in [-0.15, -0.1) is 0 Å². The Balaban J connectivity index is 1.46. The molecule has 0 aliphatic heterocycles. The third kappa shape index (κ3) is 16.0. The first kappa shape index (κ1) is 60.6. The molecule has 0 spiro atoms. The highest BCUT2D eigenvalue weighted by atomic mass is 16.5. The summed E-state index contributed by atoms with van der Waals surface area (Å²) in [5.74, 6) is -5.59. The molecule has 0 radical (unpaired) electrons. The van der Waals surface area contributed by atoms with E-state index in [9.17, 15) is 39.3 Å². The van der Waals surface area contributed by atoms with Crippen molar-refractivity contribution in [1.29, 1.82) is 0 Å². The van der Waals surface area contributed by atoms with Gasteiger partial charge in [-0.3, -0.25) is 24.0 Å². The minimum atomic E-state index is -1.24. The number of carbonyl (C=O) groups excluding carboxylic acids is 5. The van der Waals surface area contributed by atoms with Crippen molar-refractivity contribution in [2.45, 2.75) is 228 Å². The van der Waals surface area contributed by atoms with Crippen LogP contribution in [0.1, 0.15) is 226 Å². The largest absolute Gasteiger partial charge is 0.507 e. The number of aryl methyl sites for hydroxylation is 2. The molecule has 3 aromatic rings. The van der Waals surface area contributed by atoms with E-state index >= 15 is 0 Å². The van der Waals surface area contributed by atoms with E-state index in [-0.39, 0.29) is 72.7 Å². The van der Waals surface area contributed by atoms with E-state index in [0.29, 0.717) is 41.0 Å². The molecule has 1 aliphatic rings. The number of esters is 2. The second kappa shape index (κ2) is 23.3. The van der Waals surface area contributed by atoms with Crippen LogP contribution in [0.2, 0.25) is 0 Å². The summed E-state index contributed by atoms with van der Waals surface area (Å²) in [4.78, 5) is 69.5. The number of carbonyl (C=O) groups is 5. The molecule has 10 heteroatoms. The van der Waals surface area contributed by atoms with Crippen LogP contribution in [0.4, 0.5) is 0 Å². The summed E-state index contributed by atoms with van der Waals surface area (Å²) in [6.07, 6.45) is 3.49. The molecule has 0 amide bonds. The highest BCUT2D eigenvalue weighted by Crippen LogP contribution is 2.44. The van der Waals surface area contributed by atoms with Gasteiger partial charge in [0.05, 0.1) is 31.0 Å². The molecule has 2 atom stereocenters. The summed E-state index contributed by atoms with van der Waals surface area (Å²) in [5, 5.41) is 33.7. The molecular formula is C63H92O10. The number of ether oxygens (including phenoxy) is 2. The first-order chi connectivity index (χ1) is 33.3. The molecule has 0 saturated heterocycles. The first-order valence-corrected chi connectivity index (χ1v) is 26.9. The third-order valence-corrected chi connectivity index (χ3v) is 14.4. The molecule has 3 aromatic carbocycles. The molecule has 3 N–H and O–H groups in total. The van der Waals surface area contributed by atoms with Crippen LogP contribution in [-0.2, 0) is 85.2 Å². The van der Waals surface area contributed by atoms with Gasteiger partial charge < -0.3 is 24.8 Å². The lowest BCUT2D eigenvalue weighted by Gasteiger charge is -2.32. The fraction of sp³-hybridized carbons (Fsp3) is 0.635. The first-order valence-electron chi connectivity index (χ1n) is 26.9. The van der Waals surface area contributed by atoms with Crippen LogP contribution >= 0.6 is 0 Å². The van der Waals surface area contributed by atoms with Crippen molar-refractivity contribution in [3.63, 3.8) is 0 Å². The van der Waals surface area contributed by atoms with Gasteiger partial charge in [-0.2, -0.15) is 0 Å². The lowest BCUT2D eigenvalue weighted by Crippen LogP contribution is -2.49. The van der Waals surface area contributed by atoms with E-state index in [0.717, 1.165) is 59.1 Å². The summed E-state index contributed by atoms with van der Waals surface area (Å²) in [6.45, 7) is 37.2. The fourth-order valence-corrected chi connectivity index (χ4v) is 9.98. The van der Waals surface area contributed by atoms with Gasteiger partial charge in [0.1, 0.15) is 17.2 Å². The van der Waals surface area contributed by atoms with Gasteiger partial charge in [0.2, 0.25) is 0 Å². The van der Waals surface area contributed by atoms with Crippen LogP contribution in [-0.4, -0.2) is 57.8 Å². The Hall–Kier alpha value is -4.99. The van der Waals surface area contributed by atoms with Crippen molar-refractivity contribution in [1.82, 2.24) is 0 Å². The number of unbranched alkanes of at least 4 members (excludes halogenated alkanes) is 2. The van der Waals surface area contributed by atoms with Gasteiger partial charge in [-0.05, 0) is 140 Å². The normalized spacial score (nSPS) is 17.3. The number of phenols is 3. The second-order valence-electron chi connectivity index (χ2n) is 27.1. The molecular weight excluding hydrogens is 917 g/mol. The van der Waals surface area contributed by atoms with Gasteiger partial charge in [0.15, 0.2) is 17.3 Å². The van der Waals surface area contributed by atoms with Crippen LogP contribution in [0.5, 0.6) is 17.2 Å². The molecule has 404 valence electrons. The lowest BCUT2D eigenvalue weighted by atomic mass is 9.67. The average molecular weight is 1010 g/mol. The predicted molar refractivity (Wildman–Crippen MR) is 292 cm³/mol. The average Bonchev–Trinajstić information content (AvgIpc) is 3.23. The molecule has 2 unspecified atom stereocenters. The highest BCUT2D eigenvalue weighted by Gasteiger charge is 2.49. The molecule has 0 bridgehead atoms. The Kier molecular flexibility index (Phi) is 19.3. The summed E-state index contributed by atoms with van der Waals surface area (Å²) in [7, 11) is 0. The molecule has 10 nitrogen and oxygen atoms in total. The van der Waals surface area contributed by atoms with Crippen molar-refractivity contribution in [2.24, 2.45) is 17.8 Å². The summed E-state index contributed by atoms with van der Waals surface area (Å²) < 4.78 is 11.3. The van der Waals surface area contributed by atoms with Crippen LogP contribution in [0.25, 0.3) is 0 Å². The Morgan fingerprint density at radius 2 is 0.644 bits per heavy atom. The van der Waals surface area contributed by atoms with Crippen molar-refractivity contribution < 1.29 is 48.8 Å². The van der Waals surface area contributed by atoms with Gasteiger partial charge in [0, 0.05) is 12.8 Å². The van der Waals surface area contributed by atoms with Crippen LogP contribution in [0.3, 0.4) is 0 Å². The van der Waals surface area contributed by atoms with Crippen molar-refractivity contribution >= 4 is 29.3 Å². The predicted octanol–water partition coefficient (Wildman–Crippen LogP) is 13.4.